The van der Waals surface area contributed by atoms with E-state index >= 15 is 0 Å². The topological polar surface area (TPSA) is 75.7 Å². The van der Waals surface area contributed by atoms with Gasteiger partial charge in [-0.2, -0.15) is 0 Å². The molecule has 3 aromatic carbocycles. The summed E-state index contributed by atoms with van der Waals surface area (Å²) in [6.45, 7) is 1.87. The van der Waals surface area contributed by atoms with Gasteiger partial charge in [-0.3, -0.25) is 9.10 Å². The van der Waals surface area contributed by atoms with Crippen LogP contribution in [-0.4, -0.2) is 33.7 Å². The summed E-state index contributed by atoms with van der Waals surface area (Å²) in [6.07, 6.45) is 3.09. The first-order valence-electron chi connectivity index (χ1n) is 9.91. The number of nitrogens with zero attached hydrogens (tertiary/aromatic N) is 1. The number of rotatable bonds is 7. The van der Waals surface area contributed by atoms with Gasteiger partial charge in [0.15, 0.2) is 0 Å². The Kier molecular flexibility index (Phi) is 5.39. The number of para-hydroxylation sites is 2. The summed E-state index contributed by atoms with van der Waals surface area (Å²) in [5, 5.41) is 5.08. The first kappa shape index (κ1) is 20.2. The number of amides is 1. The third-order valence-electron chi connectivity index (χ3n) is 5.27. The lowest BCUT2D eigenvalue weighted by atomic mass is 10.0. The molecule has 1 aliphatic carbocycles. The quantitative estimate of drug-likeness (QED) is 0.627. The van der Waals surface area contributed by atoms with Crippen LogP contribution in [0.25, 0.3) is 10.8 Å². The zero-order chi connectivity index (χ0) is 21.3. The van der Waals surface area contributed by atoms with Crippen molar-refractivity contribution >= 4 is 38.1 Å². The highest BCUT2D eigenvalue weighted by molar-refractivity contribution is 7.92. The van der Waals surface area contributed by atoms with Gasteiger partial charge in [0.1, 0.15) is 12.3 Å². The number of hydrogen-bond acceptors (Lipinski definition) is 4. The van der Waals surface area contributed by atoms with Crippen LogP contribution in [0.3, 0.4) is 0 Å². The smallest absolute Gasteiger partial charge is 0.245 e. The summed E-state index contributed by atoms with van der Waals surface area (Å²) < 4.78 is 31.6. The SMILES string of the molecule is CCOc1ccccc1N(CC(=O)Nc1ccc2c3c(cccc13)CC2)S(C)(=O)=O. The molecule has 0 saturated carbocycles. The molecule has 7 heteroatoms. The van der Waals surface area contributed by atoms with Crippen LogP contribution < -0.4 is 14.4 Å². The van der Waals surface area contributed by atoms with Gasteiger partial charge in [-0.15, -0.1) is 0 Å². The Hall–Kier alpha value is -3.06. The van der Waals surface area contributed by atoms with E-state index < -0.39 is 15.9 Å². The zero-order valence-electron chi connectivity index (χ0n) is 17.0. The Morgan fingerprint density at radius 1 is 1.03 bits per heavy atom. The van der Waals surface area contributed by atoms with Crippen LogP contribution in [0.5, 0.6) is 5.75 Å². The Morgan fingerprint density at radius 2 is 1.77 bits per heavy atom. The van der Waals surface area contributed by atoms with Crippen LogP contribution in [0.4, 0.5) is 11.4 Å². The molecule has 0 unspecified atom stereocenters. The van der Waals surface area contributed by atoms with E-state index in [2.05, 4.69) is 11.4 Å². The number of anilines is 2. The van der Waals surface area contributed by atoms with Crippen molar-refractivity contribution in [2.75, 3.05) is 29.0 Å². The van der Waals surface area contributed by atoms with Crippen molar-refractivity contribution in [3.8, 4) is 5.75 Å². The molecule has 4 rings (SSSR count). The Bertz CT molecular complexity index is 1210. The molecule has 1 amide bonds. The van der Waals surface area contributed by atoms with E-state index in [-0.39, 0.29) is 6.54 Å². The summed E-state index contributed by atoms with van der Waals surface area (Å²) in [5.74, 6) is 0.00832. The molecule has 0 aliphatic heterocycles. The second kappa shape index (κ2) is 7.99. The zero-order valence-corrected chi connectivity index (χ0v) is 17.8. The maximum absolute atomic E-state index is 12.9. The van der Waals surface area contributed by atoms with Gasteiger partial charge in [0, 0.05) is 11.1 Å². The number of hydrogen-bond donors (Lipinski definition) is 1. The Morgan fingerprint density at radius 3 is 2.50 bits per heavy atom. The van der Waals surface area contributed by atoms with Gasteiger partial charge in [-0.25, -0.2) is 8.42 Å². The Balaban J connectivity index is 1.63. The normalized spacial score (nSPS) is 12.7. The van der Waals surface area contributed by atoms with Crippen LogP contribution in [-0.2, 0) is 27.7 Å². The lowest BCUT2D eigenvalue weighted by Gasteiger charge is -2.24. The van der Waals surface area contributed by atoms with Crippen LogP contribution in [0.2, 0.25) is 0 Å². The van der Waals surface area contributed by atoms with E-state index in [0.29, 0.717) is 23.7 Å². The highest BCUT2D eigenvalue weighted by Gasteiger charge is 2.24. The fraction of sp³-hybridized carbons (Fsp3) is 0.261. The first-order valence-corrected chi connectivity index (χ1v) is 11.8. The number of sulfonamides is 1. The number of ether oxygens (including phenoxy) is 1. The van der Waals surface area contributed by atoms with Gasteiger partial charge in [0.2, 0.25) is 15.9 Å². The van der Waals surface area contributed by atoms with Crippen molar-refractivity contribution in [3.05, 3.63) is 65.7 Å². The van der Waals surface area contributed by atoms with Crippen molar-refractivity contribution in [2.45, 2.75) is 19.8 Å². The van der Waals surface area contributed by atoms with Crippen LogP contribution >= 0.6 is 0 Å². The summed E-state index contributed by atoms with van der Waals surface area (Å²) >= 11 is 0. The lowest BCUT2D eigenvalue weighted by Crippen LogP contribution is -2.37. The van der Waals surface area contributed by atoms with Crippen LogP contribution in [0.1, 0.15) is 18.1 Å². The van der Waals surface area contributed by atoms with Crippen LogP contribution in [0, 0.1) is 0 Å². The molecule has 0 aromatic heterocycles. The van der Waals surface area contributed by atoms with Gasteiger partial charge in [0.05, 0.1) is 18.6 Å². The van der Waals surface area contributed by atoms with E-state index in [4.69, 9.17) is 4.74 Å². The second-order valence-corrected chi connectivity index (χ2v) is 9.24. The second-order valence-electron chi connectivity index (χ2n) is 7.33. The summed E-state index contributed by atoms with van der Waals surface area (Å²) in [7, 11) is -3.70. The summed E-state index contributed by atoms with van der Waals surface area (Å²) in [5.41, 5.74) is 3.59. The van der Waals surface area contributed by atoms with Crippen molar-refractivity contribution in [1.82, 2.24) is 0 Å². The molecular formula is C23H24N2O4S. The number of nitrogens with one attached hydrogen (secondary N) is 1. The number of aryl methyl sites for hydroxylation is 2. The molecule has 1 N–H and O–H groups in total. The minimum atomic E-state index is -3.70. The number of carbonyl (C=O) groups is 1. The fourth-order valence-corrected chi connectivity index (χ4v) is 4.86. The molecule has 0 spiro atoms. The molecule has 0 heterocycles. The lowest BCUT2D eigenvalue weighted by molar-refractivity contribution is -0.114. The van der Waals surface area contributed by atoms with Crippen molar-refractivity contribution in [2.24, 2.45) is 0 Å². The molecule has 6 nitrogen and oxygen atoms in total. The maximum Gasteiger partial charge on any atom is 0.245 e. The van der Waals surface area contributed by atoms with Gasteiger partial charge in [0.25, 0.3) is 0 Å². The van der Waals surface area contributed by atoms with E-state index in [0.717, 1.165) is 28.8 Å². The van der Waals surface area contributed by atoms with Gasteiger partial charge >= 0.3 is 0 Å². The fourth-order valence-electron chi connectivity index (χ4n) is 4.00. The minimum Gasteiger partial charge on any atom is -0.492 e. The van der Waals surface area contributed by atoms with E-state index in [1.807, 2.05) is 31.2 Å². The monoisotopic (exact) mass is 424 g/mol. The average molecular weight is 425 g/mol. The first-order chi connectivity index (χ1) is 14.4. The van der Waals surface area contributed by atoms with Crippen molar-refractivity contribution in [1.29, 1.82) is 0 Å². The van der Waals surface area contributed by atoms with E-state index in [1.165, 1.54) is 16.5 Å². The molecule has 0 bridgehead atoms. The minimum absolute atomic E-state index is 0.341. The molecule has 1 aliphatic rings. The van der Waals surface area contributed by atoms with E-state index in [9.17, 15) is 13.2 Å². The predicted octanol–water partition coefficient (Wildman–Crippen LogP) is 3.74. The van der Waals surface area contributed by atoms with Crippen LogP contribution in [0.15, 0.2) is 54.6 Å². The molecule has 0 radical (unpaired) electrons. The molecule has 0 fully saturated rings. The standard InChI is InChI=1S/C23H24N2O4S/c1-3-29-21-10-5-4-9-20(21)25(30(2,27)28)15-22(26)24-19-14-13-17-12-11-16-7-6-8-18(19)23(16)17/h4-10,13-14H,3,11-12,15H2,1-2H3,(H,24,26). The highest BCUT2D eigenvalue weighted by Crippen LogP contribution is 2.35. The molecule has 3 aromatic rings. The molecule has 0 saturated heterocycles. The largest absolute Gasteiger partial charge is 0.492 e. The van der Waals surface area contributed by atoms with Gasteiger partial charge in [-0.05, 0) is 54.5 Å². The molecule has 30 heavy (non-hydrogen) atoms. The van der Waals surface area contributed by atoms with Crippen molar-refractivity contribution < 1.29 is 17.9 Å². The van der Waals surface area contributed by atoms with Gasteiger partial charge in [-0.1, -0.05) is 36.4 Å². The maximum atomic E-state index is 12.9. The average Bonchev–Trinajstić information content (AvgIpc) is 3.13. The number of carbonyl (C=O) groups excluding carboxylic acids is 1. The molecular weight excluding hydrogens is 400 g/mol. The molecule has 0 atom stereocenters. The van der Waals surface area contributed by atoms with E-state index in [1.54, 1.807) is 24.3 Å². The predicted molar refractivity (Wildman–Crippen MR) is 120 cm³/mol. The third-order valence-corrected chi connectivity index (χ3v) is 6.40. The molecule has 156 valence electrons. The summed E-state index contributed by atoms with van der Waals surface area (Å²) in [6, 6.07) is 16.8. The third kappa shape index (κ3) is 3.85. The number of benzene rings is 3. The Labute approximate surface area is 176 Å². The summed E-state index contributed by atoms with van der Waals surface area (Å²) in [4.78, 5) is 12.9. The van der Waals surface area contributed by atoms with Crippen molar-refractivity contribution in [3.63, 3.8) is 0 Å². The van der Waals surface area contributed by atoms with Gasteiger partial charge < -0.3 is 10.1 Å². The highest BCUT2D eigenvalue weighted by atomic mass is 32.2.